The van der Waals surface area contributed by atoms with Crippen molar-refractivity contribution < 1.29 is 26.0 Å². The zero-order valence-electron chi connectivity index (χ0n) is 20.4. The van der Waals surface area contributed by atoms with E-state index in [1.807, 2.05) is 0 Å². The van der Waals surface area contributed by atoms with Gasteiger partial charge in [-0.2, -0.15) is 0 Å². The number of nitrogens with two attached hydrogens (primary N) is 2. The number of rotatable bonds is 23. The van der Waals surface area contributed by atoms with Gasteiger partial charge >= 0.3 is 35.3 Å². The van der Waals surface area contributed by atoms with Gasteiger partial charge in [0.15, 0.2) is 0 Å². The molecular formula is C24H52Cl2N2O2Pt. The molecule has 0 saturated carbocycles. The molecule has 0 aliphatic rings. The van der Waals surface area contributed by atoms with Crippen molar-refractivity contribution in [3.8, 4) is 0 Å². The zero-order valence-corrected chi connectivity index (χ0v) is 24.2. The van der Waals surface area contributed by atoms with Crippen LogP contribution in [-0.4, -0.2) is 40.0 Å². The van der Waals surface area contributed by atoms with Gasteiger partial charge in [-0.1, -0.05) is 103 Å². The Morgan fingerprint density at radius 1 is 0.645 bits per heavy atom. The van der Waals surface area contributed by atoms with Crippen molar-refractivity contribution in [1.82, 2.24) is 0 Å². The van der Waals surface area contributed by atoms with Gasteiger partial charge in [-0.25, -0.2) is 0 Å². The fourth-order valence-electron chi connectivity index (χ4n) is 3.71. The molecule has 0 aliphatic heterocycles. The van der Waals surface area contributed by atoms with Crippen molar-refractivity contribution in [2.75, 3.05) is 40.0 Å². The number of unbranched alkanes of at least 4 members (excludes halogenated alkanes) is 15. The normalized spacial score (nSPS) is 11.5. The Hall–Kier alpha value is 1.11. The summed E-state index contributed by atoms with van der Waals surface area (Å²) in [5.74, 6) is 0. The third kappa shape index (κ3) is 25.6. The SMILES string of the molecule is CCCCCCCCCCCCCCCCCCOCC(CN)(CN)COC.[Cl][Pt][Cl]. The first-order valence-electron chi connectivity index (χ1n) is 12.5. The van der Waals surface area contributed by atoms with E-state index in [4.69, 9.17) is 39.8 Å². The number of methoxy groups -OCH3 is 1. The maximum absolute atomic E-state index is 5.84. The topological polar surface area (TPSA) is 70.5 Å². The van der Waals surface area contributed by atoms with E-state index < -0.39 is 16.5 Å². The average molecular weight is 667 g/mol. The molecular weight excluding hydrogens is 614 g/mol. The van der Waals surface area contributed by atoms with Gasteiger partial charge in [0, 0.05) is 32.2 Å². The number of halogens is 2. The molecule has 0 aromatic rings. The molecule has 0 spiro atoms. The second-order valence-electron chi connectivity index (χ2n) is 8.74. The molecule has 0 aromatic carbocycles. The Morgan fingerprint density at radius 2 is 1.00 bits per heavy atom. The Kier molecular flexibility index (Phi) is 32.2. The first kappa shape index (κ1) is 34.3. The van der Waals surface area contributed by atoms with Crippen molar-refractivity contribution in [3.63, 3.8) is 0 Å². The van der Waals surface area contributed by atoms with E-state index in [2.05, 4.69) is 6.92 Å². The third-order valence-corrected chi connectivity index (χ3v) is 5.87. The Morgan fingerprint density at radius 3 is 1.32 bits per heavy atom. The van der Waals surface area contributed by atoms with Crippen LogP contribution in [0, 0.1) is 5.41 Å². The molecule has 0 atom stereocenters. The summed E-state index contributed by atoms with van der Waals surface area (Å²) >= 11 is -0.472. The molecule has 0 saturated heterocycles. The van der Waals surface area contributed by atoms with Crippen LogP contribution in [0.1, 0.15) is 110 Å². The average Bonchev–Trinajstić information content (AvgIpc) is 2.78. The number of ether oxygens (including phenoxy) is 2. The molecule has 4 nitrogen and oxygen atoms in total. The molecule has 0 radical (unpaired) electrons. The van der Waals surface area contributed by atoms with Crippen LogP contribution in [-0.2, 0) is 26.0 Å². The summed E-state index contributed by atoms with van der Waals surface area (Å²) in [6.07, 6.45) is 22.3. The standard InChI is InChI=1S/C24H52N2O2.2ClH.Pt/c1-3-4-5-6-7-8-9-10-11-12-13-14-15-16-17-18-19-28-23-24(20-25,21-26)22-27-2;;;/h3-23,25-26H2,1-2H3;2*1H;/q;;;+2/p-2. The molecule has 0 rings (SSSR count). The van der Waals surface area contributed by atoms with Gasteiger partial charge in [-0.15, -0.1) is 0 Å². The van der Waals surface area contributed by atoms with E-state index in [0.29, 0.717) is 26.3 Å². The third-order valence-electron chi connectivity index (χ3n) is 5.87. The van der Waals surface area contributed by atoms with Crippen LogP contribution in [0.4, 0.5) is 0 Å². The summed E-state index contributed by atoms with van der Waals surface area (Å²) in [4.78, 5) is 0. The first-order valence-corrected chi connectivity index (χ1v) is 18.1. The summed E-state index contributed by atoms with van der Waals surface area (Å²) in [6.45, 7) is 5.29. The van der Waals surface area contributed by atoms with Crippen molar-refractivity contribution in [1.29, 1.82) is 0 Å². The fourth-order valence-corrected chi connectivity index (χ4v) is 3.71. The molecule has 0 bridgehead atoms. The second kappa shape index (κ2) is 29.1. The summed E-state index contributed by atoms with van der Waals surface area (Å²) in [6, 6.07) is 0. The van der Waals surface area contributed by atoms with Gasteiger partial charge in [-0.3, -0.25) is 0 Å². The Bertz CT molecular complexity index is 326. The van der Waals surface area contributed by atoms with Crippen molar-refractivity contribution in [3.05, 3.63) is 0 Å². The van der Waals surface area contributed by atoms with Crippen LogP contribution >= 0.6 is 18.8 Å². The van der Waals surface area contributed by atoms with Gasteiger partial charge < -0.3 is 20.9 Å². The summed E-state index contributed by atoms with van der Waals surface area (Å²) in [7, 11) is 11.4. The van der Waals surface area contributed by atoms with Crippen molar-refractivity contribution in [2.45, 2.75) is 110 Å². The van der Waals surface area contributed by atoms with E-state index >= 15 is 0 Å². The minimum atomic E-state index is -0.472. The van der Waals surface area contributed by atoms with Crippen LogP contribution in [0.15, 0.2) is 0 Å². The van der Waals surface area contributed by atoms with Crippen molar-refractivity contribution in [2.24, 2.45) is 16.9 Å². The van der Waals surface area contributed by atoms with Crippen molar-refractivity contribution >= 4 is 18.8 Å². The second-order valence-corrected chi connectivity index (χ2v) is 12.0. The number of hydrogen-bond donors (Lipinski definition) is 2. The zero-order chi connectivity index (χ0) is 23.5. The predicted octanol–water partition coefficient (Wildman–Crippen LogP) is 7.19. The van der Waals surface area contributed by atoms with Gasteiger partial charge in [0.1, 0.15) is 0 Å². The van der Waals surface area contributed by atoms with Crippen LogP contribution in [0.3, 0.4) is 0 Å². The minimum absolute atomic E-state index is 0.218. The molecule has 31 heavy (non-hydrogen) atoms. The van der Waals surface area contributed by atoms with Crippen LogP contribution in [0.2, 0.25) is 0 Å². The fraction of sp³-hybridized carbons (Fsp3) is 1.00. The molecule has 0 aromatic heterocycles. The van der Waals surface area contributed by atoms with E-state index in [1.165, 1.54) is 96.3 Å². The van der Waals surface area contributed by atoms with E-state index in [0.717, 1.165) is 13.0 Å². The van der Waals surface area contributed by atoms with Gasteiger partial charge in [-0.05, 0) is 6.42 Å². The van der Waals surface area contributed by atoms with E-state index in [-0.39, 0.29) is 5.41 Å². The quantitative estimate of drug-likeness (QED) is 0.113. The molecule has 4 N–H and O–H groups in total. The first-order chi connectivity index (χ1) is 15.2. The van der Waals surface area contributed by atoms with Crippen LogP contribution in [0.25, 0.3) is 0 Å². The predicted molar refractivity (Wildman–Crippen MR) is 134 cm³/mol. The molecule has 7 heteroatoms. The molecule has 0 aliphatic carbocycles. The Balaban J connectivity index is 0. The molecule has 0 unspecified atom stereocenters. The van der Waals surface area contributed by atoms with Gasteiger partial charge in [0.25, 0.3) is 0 Å². The molecule has 0 fully saturated rings. The molecule has 0 amide bonds. The molecule has 0 heterocycles. The summed E-state index contributed by atoms with van der Waals surface area (Å²) in [5, 5.41) is 0. The number of hydrogen-bond acceptors (Lipinski definition) is 4. The van der Waals surface area contributed by atoms with Crippen LogP contribution in [0.5, 0.6) is 0 Å². The van der Waals surface area contributed by atoms with Gasteiger partial charge in [0.2, 0.25) is 0 Å². The molecule has 194 valence electrons. The van der Waals surface area contributed by atoms with E-state index in [1.54, 1.807) is 7.11 Å². The summed E-state index contributed by atoms with van der Waals surface area (Å²) in [5.41, 5.74) is 11.5. The monoisotopic (exact) mass is 665 g/mol. The maximum atomic E-state index is 5.84. The van der Waals surface area contributed by atoms with Gasteiger partial charge in [0.05, 0.1) is 13.2 Å². The summed E-state index contributed by atoms with van der Waals surface area (Å²) < 4.78 is 11.0. The van der Waals surface area contributed by atoms with Crippen LogP contribution < -0.4 is 11.5 Å². The van der Waals surface area contributed by atoms with E-state index in [9.17, 15) is 0 Å². The Labute approximate surface area is 210 Å².